The lowest BCUT2D eigenvalue weighted by Crippen LogP contribution is -2.26. The number of rotatable bonds is 6. The highest BCUT2D eigenvalue weighted by molar-refractivity contribution is 9.10. The van der Waals surface area contributed by atoms with E-state index < -0.39 is 20.5 Å². The molecule has 0 heterocycles. The van der Waals surface area contributed by atoms with Crippen LogP contribution in [0.1, 0.15) is 15.9 Å². The topological polar surface area (TPSA) is 63.7 Å². The quantitative estimate of drug-likeness (QED) is 0.676. The maximum atomic E-state index is 12.6. The average molecular weight is 448 g/mol. The first kappa shape index (κ1) is 20.3. The molecule has 0 aliphatic heterocycles. The van der Waals surface area contributed by atoms with Crippen LogP contribution in [0.2, 0.25) is 0 Å². The van der Waals surface area contributed by atoms with E-state index in [0.717, 1.165) is 22.2 Å². The first-order valence-electron chi connectivity index (χ1n) is 7.37. The minimum absolute atomic E-state index is 0.190. The molecule has 0 aliphatic rings. The highest BCUT2D eigenvalue weighted by Gasteiger charge is 2.26. The van der Waals surface area contributed by atoms with Crippen molar-refractivity contribution in [2.75, 3.05) is 14.2 Å². The first-order chi connectivity index (χ1) is 12.2. The van der Waals surface area contributed by atoms with E-state index in [2.05, 4.69) is 15.9 Å². The molecule has 0 N–H and O–H groups in total. The van der Waals surface area contributed by atoms with E-state index in [9.17, 15) is 22.0 Å². The second-order valence-electron chi connectivity index (χ2n) is 5.45. The number of hydrogen-bond donors (Lipinski definition) is 0. The summed E-state index contributed by atoms with van der Waals surface area (Å²) in [5, 5.41) is 0. The van der Waals surface area contributed by atoms with Crippen LogP contribution < -0.4 is 4.74 Å². The van der Waals surface area contributed by atoms with Gasteiger partial charge in [0.1, 0.15) is 5.75 Å². The van der Waals surface area contributed by atoms with E-state index in [-0.39, 0.29) is 18.0 Å². The van der Waals surface area contributed by atoms with Crippen molar-refractivity contribution in [2.45, 2.75) is 17.2 Å². The fourth-order valence-corrected chi connectivity index (χ4v) is 3.44. The van der Waals surface area contributed by atoms with Gasteiger partial charge in [0.05, 0.1) is 12.0 Å². The van der Waals surface area contributed by atoms with Gasteiger partial charge in [0.2, 0.25) is 9.84 Å². The number of nitrogens with zero attached hydrogens (tertiary/aromatic N) is 1. The molecule has 5 nitrogen and oxygen atoms in total. The van der Waals surface area contributed by atoms with Crippen LogP contribution in [0.15, 0.2) is 51.8 Å². The summed E-state index contributed by atoms with van der Waals surface area (Å²) in [5.41, 5.74) is 0.962. The molecule has 0 saturated heterocycles. The normalized spacial score (nSPS) is 11.5. The van der Waals surface area contributed by atoms with Crippen LogP contribution in [0.25, 0.3) is 0 Å². The highest BCUT2D eigenvalue weighted by atomic mass is 79.9. The lowest BCUT2D eigenvalue weighted by atomic mass is 10.1. The van der Waals surface area contributed by atoms with Crippen molar-refractivity contribution in [1.82, 2.24) is 4.90 Å². The number of benzene rings is 2. The maximum Gasteiger partial charge on any atom is 0.341 e. The van der Waals surface area contributed by atoms with Gasteiger partial charge in [-0.1, -0.05) is 15.9 Å². The Morgan fingerprint density at radius 3 is 2.35 bits per heavy atom. The lowest BCUT2D eigenvalue weighted by molar-refractivity contribution is 0.0784. The van der Waals surface area contributed by atoms with Crippen LogP contribution >= 0.6 is 15.9 Å². The lowest BCUT2D eigenvalue weighted by Gasteiger charge is -2.19. The van der Waals surface area contributed by atoms with Crippen LogP contribution in [0.5, 0.6) is 5.75 Å². The maximum absolute atomic E-state index is 12.6. The van der Waals surface area contributed by atoms with Crippen molar-refractivity contribution in [3.05, 3.63) is 58.1 Å². The summed E-state index contributed by atoms with van der Waals surface area (Å²) in [6, 6.07) is 9.83. The Bertz CT molecular complexity index is 901. The molecule has 2 aromatic carbocycles. The number of alkyl halides is 2. The molecule has 0 bridgehead atoms. The Kier molecular flexibility index (Phi) is 6.35. The van der Waals surface area contributed by atoms with Crippen LogP contribution in [-0.4, -0.2) is 39.1 Å². The third-order valence-corrected chi connectivity index (χ3v) is 5.55. The number of hydrogen-bond acceptors (Lipinski definition) is 4. The second kappa shape index (κ2) is 8.13. The molecule has 0 aromatic heterocycles. The molecule has 9 heteroatoms. The molecule has 1 amide bonds. The fourth-order valence-electron chi connectivity index (χ4n) is 2.31. The van der Waals surface area contributed by atoms with Gasteiger partial charge in [0.25, 0.3) is 5.91 Å². The summed E-state index contributed by atoms with van der Waals surface area (Å²) in [5.74, 6) is -3.27. The summed E-state index contributed by atoms with van der Waals surface area (Å²) in [6.45, 7) is 0.249. The van der Waals surface area contributed by atoms with Crippen LogP contribution in [-0.2, 0) is 16.4 Å². The summed E-state index contributed by atoms with van der Waals surface area (Å²) in [7, 11) is -1.58. The van der Waals surface area contributed by atoms with E-state index in [0.29, 0.717) is 5.75 Å². The SMILES string of the molecule is COc1ccc(Br)cc1CN(C)C(=O)c1ccc(S(=O)(=O)C(F)F)cc1. The molecular weight excluding hydrogens is 432 g/mol. The number of sulfone groups is 1. The number of ether oxygens (including phenoxy) is 1. The van der Waals surface area contributed by atoms with Crippen LogP contribution in [0.3, 0.4) is 0 Å². The molecular formula is C17H16BrF2NO4S. The van der Waals surface area contributed by atoms with Crippen molar-refractivity contribution in [3.63, 3.8) is 0 Å². The molecule has 26 heavy (non-hydrogen) atoms. The largest absolute Gasteiger partial charge is 0.496 e. The smallest absolute Gasteiger partial charge is 0.341 e. The Morgan fingerprint density at radius 1 is 1.19 bits per heavy atom. The molecule has 0 spiro atoms. The molecule has 0 saturated carbocycles. The zero-order valence-corrected chi connectivity index (χ0v) is 16.4. The summed E-state index contributed by atoms with van der Waals surface area (Å²) < 4.78 is 54.1. The molecule has 0 atom stereocenters. The summed E-state index contributed by atoms with van der Waals surface area (Å²) in [4.78, 5) is 13.4. The van der Waals surface area contributed by atoms with E-state index in [4.69, 9.17) is 4.74 Å². The Labute approximate surface area is 158 Å². The zero-order valence-electron chi connectivity index (χ0n) is 13.9. The first-order valence-corrected chi connectivity index (χ1v) is 9.70. The van der Waals surface area contributed by atoms with Crippen molar-refractivity contribution in [2.24, 2.45) is 0 Å². The van der Waals surface area contributed by atoms with E-state index in [1.807, 2.05) is 12.1 Å². The van der Waals surface area contributed by atoms with Gasteiger partial charge in [0.15, 0.2) is 0 Å². The van der Waals surface area contributed by atoms with Crippen LogP contribution in [0, 0.1) is 0 Å². The number of carbonyl (C=O) groups is 1. The second-order valence-corrected chi connectivity index (χ2v) is 8.28. The number of methoxy groups -OCH3 is 1. The number of carbonyl (C=O) groups excluding carboxylic acids is 1. The fraction of sp³-hybridized carbons (Fsp3) is 0.235. The predicted molar refractivity (Wildman–Crippen MR) is 96.1 cm³/mol. The Hall–Kier alpha value is -2.00. The van der Waals surface area contributed by atoms with Crippen molar-refractivity contribution >= 4 is 31.7 Å². The average Bonchev–Trinajstić information content (AvgIpc) is 2.61. The molecule has 2 aromatic rings. The zero-order chi connectivity index (χ0) is 19.5. The molecule has 0 aliphatic carbocycles. The van der Waals surface area contributed by atoms with Gasteiger partial charge in [-0.3, -0.25) is 4.79 Å². The van der Waals surface area contributed by atoms with Crippen molar-refractivity contribution in [1.29, 1.82) is 0 Å². The van der Waals surface area contributed by atoms with Crippen molar-refractivity contribution in [3.8, 4) is 5.75 Å². The monoisotopic (exact) mass is 447 g/mol. The van der Waals surface area contributed by atoms with E-state index in [1.54, 1.807) is 13.1 Å². The van der Waals surface area contributed by atoms with Gasteiger partial charge in [0, 0.05) is 29.2 Å². The van der Waals surface area contributed by atoms with Gasteiger partial charge in [-0.2, -0.15) is 8.78 Å². The highest BCUT2D eigenvalue weighted by Crippen LogP contribution is 2.25. The summed E-state index contributed by atoms with van der Waals surface area (Å²) in [6.07, 6.45) is 0. The molecule has 0 radical (unpaired) electrons. The summed E-state index contributed by atoms with van der Waals surface area (Å²) >= 11 is 3.36. The Morgan fingerprint density at radius 2 is 1.81 bits per heavy atom. The predicted octanol–water partition coefficient (Wildman–Crippen LogP) is 3.73. The molecule has 0 fully saturated rings. The van der Waals surface area contributed by atoms with Gasteiger partial charge in [-0.25, -0.2) is 8.42 Å². The Balaban J connectivity index is 2.20. The van der Waals surface area contributed by atoms with E-state index >= 15 is 0 Å². The number of halogens is 3. The van der Waals surface area contributed by atoms with Gasteiger partial charge in [-0.15, -0.1) is 0 Å². The number of amides is 1. The third kappa shape index (κ3) is 4.39. The van der Waals surface area contributed by atoms with E-state index in [1.165, 1.54) is 24.1 Å². The van der Waals surface area contributed by atoms with Crippen molar-refractivity contribution < 1.29 is 26.7 Å². The van der Waals surface area contributed by atoms with Gasteiger partial charge >= 0.3 is 5.76 Å². The molecule has 2 rings (SSSR count). The standard InChI is InChI=1S/C17H16BrF2NO4S/c1-21(10-12-9-13(18)5-8-15(12)25-2)16(22)11-3-6-14(7-4-11)26(23,24)17(19)20/h3-9,17H,10H2,1-2H3. The molecule has 140 valence electrons. The minimum Gasteiger partial charge on any atom is -0.496 e. The minimum atomic E-state index is -4.68. The van der Waals surface area contributed by atoms with Gasteiger partial charge < -0.3 is 9.64 Å². The van der Waals surface area contributed by atoms with Crippen LogP contribution in [0.4, 0.5) is 8.78 Å². The molecule has 0 unspecified atom stereocenters. The third-order valence-electron chi connectivity index (χ3n) is 3.66. The van der Waals surface area contributed by atoms with Gasteiger partial charge in [-0.05, 0) is 42.5 Å².